The molecule has 0 bridgehead atoms. The highest BCUT2D eigenvalue weighted by molar-refractivity contribution is 7.14. The van der Waals surface area contributed by atoms with Crippen LogP contribution in [0.3, 0.4) is 0 Å². The van der Waals surface area contributed by atoms with E-state index in [0.29, 0.717) is 15.4 Å². The quantitative estimate of drug-likeness (QED) is 0.452. The number of nitrogens with one attached hydrogen (secondary N) is 1. The molecule has 0 saturated carbocycles. The van der Waals surface area contributed by atoms with Crippen molar-refractivity contribution in [3.05, 3.63) is 83.1 Å². The lowest BCUT2D eigenvalue weighted by Gasteiger charge is -2.04. The highest BCUT2D eigenvalue weighted by Gasteiger charge is 2.12. The maximum Gasteiger partial charge on any atom is 0.257 e. The van der Waals surface area contributed by atoms with E-state index in [4.69, 9.17) is 0 Å². The minimum Gasteiger partial charge on any atom is -0.619 e. The molecule has 0 aliphatic heterocycles. The summed E-state index contributed by atoms with van der Waals surface area (Å²) in [6.45, 7) is 0. The Hall–Kier alpha value is -3.25. The molecule has 0 aliphatic rings. The molecule has 0 aliphatic carbocycles. The summed E-state index contributed by atoms with van der Waals surface area (Å²) in [7, 11) is 0. The zero-order chi connectivity index (χ0) is 17.2. The van der Waals surface area contributed by atoms with Gasteiger partial charge in [-0.2, -0.15) is 4.73 Å². The number of aromatic nitrogens is 2. The van der Waals surface area contributed by atoms with Crippen LogP contribution in [0.4, 0.5) is 5.13 Å². The fourth-order valence-electron chi connectivity index (χ4n) is 2.64. The number of nitrogens with zero attached hydrogens (tertiary/aromatic N) is 2. The summed E-state index contributed by atoms with van der Waals surface area (Å²) in [4.78, 5) is 16.8. The molecule has 5 nitrogen and oxygen atoms in total. The van der Waals surface area contributed by atoms with Gasteiger partial charge < -0.3 is 5.21 Å². The van der Waals surface area contributed by atoms with Crippen LogP contribution in [0.1, 0.15) is 10.4 Å². The van der Waals surface area contributed by atoms with Crippen LogP contribution in [0, 0.1) is 5.21 Å². The molecule has 1 amide bonds. The van der Waals surface area contributed by atoms with Crippen LogP contribution < -0.4 is 10.0 Å². The molecule has 4 rings (SSSR count). The van der Waals surface area contributed by atoms with Gasteiger partial charge in [0.2, 0.25) is 0 Å². The van der Waals surface area contributed by atoms with E-state index in [1.54, 1.807) is 0 Å². The molecule has 6 heteroatoms. The molecule has 2 aromatic carbocycles. The predicted octanol–water partition coefficient (Wildman–Crippen LogP) is 3.85. The Morgan fingerprint density at radius 1 is 1.04 bits per heavy atom. The topological polar surface area (TPSA) is 68.9 Å². The van der Waals surface area contributed by atoms with Crippen molar-refractivity contribution in [3.8, 4) is 11.3 Å². The van der Waals surface area contributed by atoms with E-state index in [-0.39, 0.29) is 5.91 Å². The van der Waals surface area contributed by atoms with Crippen molar-refractivity contribution in [1.29, 1.82) is 0 Å². The van der Waals surface area contributed by atoms with E-state index < -0.39 is 0 Å². The first-order chi connectivity index (χ1) is 12.2. The first-order valence-electron chi connectivity index (χ1n) is 7.64. The summed E-state index contributed by atoms with van der Waals surface area (Å²) in [5.41, 5.74) is 2.26. The number of rotatable bonds is 3. The Balaban J connectivity index is 1.62. The zero-order valence-electron chi connectivity index (χ0n) is 13.0. The normalized spacial score (nSPS) is 10.7. The standard InChI is InChI=1S/C19H13N3O2S/c23-18(14-8-10-22(24)11-9-14)21-19-20-17(12-25-19)16-7-3-5-13-4-1-2-6-15(13)16/h1-12H,(H,20,21,23). The van der Waals surface area contributed by atoms with Gasteiger partial charge in [0, 0.05) is 23.1 Å². The van der Waals surface area contributed by atoms with Crippen LogP contribution in [0.15, 0.2) is 72.4 Å². The van der Waals surface area contributed by atoms with Crippen LogP contribution in [0.5, 0.6) is 0 Å². The molecule has 0 saturated heterocycles. The predicted molar refractivity (Wildman–Crippen MR) is 98.4 cm³/mol. The zero-order valence-corrected chi connectivity index (χ0v) is 13.9. The van der Waals surface area contributed by atoms with Crippen LogP contribution in [0.2, 0.25) is 0 Å². The molecule has 4 aromatic rings. The smallest absolute Gasteiger partial charge is 0.257 e. The van der Waals surface area contributed by atoms with Crippen LogP contribution in [-0.4, -0.2) is 10.9 Å². The molecule has 122 valence electrons. The maximum absolute atomic E-state index is 12.2. The van der Waals surface area contributed by atoms with E-state index in [1.165, 1.54) is 35.9 Å². The van der Waals surface area contributed by atoms with Crippen molar-refractivity contribution >= 4 is 33.1 Å². The van der Waals surface area contributed by atoms with Gasteiger partial charge in [0.1, 0.15) is 0 Å². The number of anilines is 1. The highest BCUT2D eigenvalue weighted by Crippen LogP contribution is 2.31. The second-order valence-corrected chi connectivity index (χ2v) is 6.32. The molecule has 0 atom stereocenters. The molecule has 1 N–H and O–H groups in total. The van der Waals surface area contributed by atoms with Gasteiger partial charge in [0.25, 0.3) is 5.91 Å². The molecule has 2 heterocycles. The Bertz CT molecular complexity index is 1050. The number of hydrogen-bond donors (Lipinski definition) is 1. The SMILES string of the molecule is O=C(Nc1nc(-c2cccc3ccccc23)cs1)c1cc[n+]([O-])cc1. The number of hydrogen-bond acceptors (Lipinski definition) is 4. The summed E-state index contributed by atoms with van der Waals surface area (Å²) in [5.74, 6) is -0.292. The van der Waals surface area contributed by atoms with E-state index >= 15 is 0 Å². The number of pyridine rings is 1. The first-order valence-corrected chi connectivity index (χ1v) is 8.52. The summed E-state index contributed by atoms with van der Waals surface area (Å²) >= 11 is 1.37. The van der Waals surface area contributed by atoms with Gasteiger partial charge in [-0.15, -0.1) is 11.3 Å². The third-order valence-corrected chi connectivity index (χ3v) is 4.61. The average molecular weight is 347 g/mol. The first kappa shape index (κ1) is 15.3. The number of carbonyl (C=O) groups is 1. The molecule has 0 spiro atoms. The van der Waals surface area contributed by atoms with Gasteiger partial charge in [-0.1, -0.05) is 42.5 Å². The fraction of sp³-hybridized carbons (Fsp3) is 0. The summed E-state index contributed by atoms with van der Waals surface area (Å²) in [5, 5.41) is 18.5. The second-order valence-electron chi connectivity index (χ2n) is 5.47. The van der Waals surface area contributed by atoms with E-state index in [9.17, 15) is 10.0 Å². The van der Waals surface area contributed by atoms with Gasteiger partial charge in [-0.25, -0.2) is 4.98 Å². The molecular weight excluding hydrogens is 334 g/mol. The molecule has 25 heavy (non-hydrogen) atoms. The molecule has 0 radical (unpaired) electrons. The highest BCUT2D eigenvalue weighted by atomic mass is 32.1. The Kier molecular flexibility index (Phi) is 3.87. The fourth-order valence-corrected chi connectivity index (χ4v) is 3.34. The molecule has 0 fully saturated rings. The van der Waals surface area contributed by atoms with Crippen molar-refractivity contribution in [2.24, 2.45) is 0 Å². The van der Waals surface area contributed by atoms with Crippen LogP contribution in [-0.2, 0) is 0 Å². The van der Waals surface area contributed by atoms with Gasteiger partial charge in [0.15, 0.2) is 17.5 Å². The van der Waals surface area contributed by atoms with E-state index in [1.807, 2.05) is 29.6 Å². The van der Waals surface area contributed by atoms with Crippen LogP contribution >= 0.6 is 11.3 Å². The second kappa shape index (κ2) is 6.33. The largest absolute Gasteiger partial charge is 0.619 e. The van der Waals surface area contributed by atoms with Gasteiger partial charge in [-0.3, -0.25) is 10.1 Å². The minimum atomic E-state index is -0.292. The monoisotopic (exact) mass is 347 g/mol. The Morgan fingerprint density at radius 3 is 2.64 bits per heavy atom. The van der Waals surface area contributed by atoms with E-state index in [2.05, 4.69) is 28.5 Å². The van der Waals surface area contributed by atoms with Crippen molar-refractivity contribution < 1.29 is 9.52 Å². The number of carbonyl (C=O) groups excluding carboxylic acids is 1. The van der Waals surface area contributed by atoms with Gasteiger partial charge in [0.05, 0.1) is 11.3 Å². The molecule has 2 aromatic heterocycles. The molecular formula is C19H13N3O2S. The summed E-state index contributed by atoms with van der Waals surface area (Å²) in [6.07, 6.45) is 2.58. The van der Waals surface area contributed by atoms with Gasteiger partial charge in [-0.05, 0) is 10.8 Å². The lowest BCUT2D eigenvalue weighted by Crippen LogP contribution is -2.25. The van der Waals surface area contributed by atoms with E-state index in [0.717, 1.165) is 22.0 Å². The lowest BCUT2D eigenvalue weighted by molar-refractivity contribution is -0.605. The maximum atomic E-state index is 12.2. The minimum absolute atomic E-state index is 0.292. The van der Waals surface area contributed by atoms with Crippen LogP contribution in [0.25, 0.3) is 22.0 Å². The van der Waals surface area contributed by atoms with Crippen molar-refractivity contribution in [2.45, 2.75) is 0 Å². The van der Waals surface area contributed by atoms with Crippen molar-refractivity contribution in [3.63, 3.8) is 0 Å². The lowest BCUT2D eigenvalue weighted by atomic mass is 10.0. The van der Waals surface area contributed by atoms with Gasteiger partial charge >= 0.3 is 0 Å². The molecule has 0 unspecified atom stereocenters. The number of fused-ring (bicyclic) bond motifs is 1. The summed E-state index contributed by atoms with van der Waals surface area (Å²) in [6, 6.07) is 17.2. The number of thiazole rings is 1. The van der Waals surface area contributed by atoms with Crippen molar-refractivity contribution in [1.82, 2.24) is 4.98 Å². The van der Waals surface area contributed by atoms with Crippen molar-refractivity contribution in [2.75, 3.05) is 5.32 Å². The Labute approximate surface area is 147 Å². The number of amides is 1. The third kappa shape index (κ3) is 3.07. The average Bonchev–Trinajstić information content (AvgIpc) is 3.10. The number of benzene rings is 2. The summed E-state index contributed by atoms with van der Waals surface area (Å²) < 4.78 is 0.638. The third-order valence-electron chi connectivity index (χ3n) is 3.85. The Morgan fingerprint density at radius 2 is 1.80 bits per heavy atom.